The molecule has 8 nitrogen and oxygen atoms in total. The second-order valence-corrected chi connectivity index (χ2v) is 7.74. The van der Waals surface area contributed by atoms with Gasteiger partial charge in [-0.25, -0.2) is 9.98 Å². The lowest BCUT2D eigenvalue weighted by atomic mass is 10.2. The molecule has 1 aromatic heterocycles. The van der Waals surface area contributed by atoms with E-state index in [-0.39, 0.29) is 25.0 Å². The quantitative estimate of drug-likeness (QED) is 0.194. The van der Waals surface area contributed by atoms with Crippen LogP contribution in [-0.2, 0) is 0 Å². The number of methoxy groups -OCH3 is 1. The van der Waals surface area contributed by atoms with E-state index in [4.69, 9.17) is 44.8 Å². The third-order valence-electron chi connectivity index (χ3n) is 3.45. The molecule has 0 bridgehead atoms. The zero-order valence-corrected chi connectivity index (χ0v) is 17.5. The van der Waals surface area contributed by atoms with Crippen molar-refractivity contribution in [3.05, 3.63) is 53.2 Å². The van der Waals surface area contributed by atoms with Crippen LogP contribution in [0.5, 0.6) is 5.88 Å². The SMILES string of the molecule is COc1ccc(NC(=NCC(Cl)(Cl)CNC(=O)c2cccc(Cl)c2)NC#N)cn1. The predicted octanol–water partition coefficient (Wildman–Crippen LogP) is 3.19. The molecule has 0 atom stereocenters. The number of carbonyl (C=O) groups is 1. The number of hydrogen-bond donors (Lipinski definition) is 3. The van der Waals surface area contributed by atoms with Gasteiger partial charge in [-0.05, 0) is 24.3 Å². The summed E-state index contributed by atoms with van der Waals surface area (Å²) >= 11 is 18.3. The molecule has 1 heterocycles. The number of nitriles is 1. The van der Waals surface area contributed by atoms with Gasteiger partial charge < -0.3 is 15.4 Å². The van der Waals surface area contributed by atoms with E-state index in [1.165, 1.54) is 19.4 Å². The summed E-state index contributed by atoms with van der Waals surface area (Å²) in [4.78, 5) is 20.4. The van der Waals surface area contributed by atoms with Gasteiger partial charge in [-0.2, -0.15) is 5.26 Å². The van der Waals surface area contributed by atoms with E-state index in [1.807, 2.05) is 0 Å². The van der Waals surface area contributed by atoms with E-state index >= 15 is 0 Å². The van der Waals surface area contributed by atoms with Crippen molar-refractivity contribution in [2.75, 3.05) is 25.5 Å². The highest BCUT2D eigenvalue weighted by molar-refractivity contribution is 6.49. The first-order chi connectivity index (χ1) is 13.8. The van der Waals surface area contributed by atoms with Crippen molar-refractivity contribution in [2.45, 2.75) is 4.33 Å². The lowest BCUT2D eigenvalue weighted by molar-refractivity contribution is 0.0952. The van der Waals surface area contributed by atoms with Crippen molar-refractivity contribution in [3.63, 3.8) is 0 Å². The monoisotopic (exact) mass is 454 g/mol. The van der Waals surface area contributed by atoms with Crippen LogP contribution in [0.25, 0.3) is 0 Å². The Hall–Kier alpha value is -2.73. The number of benzene rings is 1. The van der Waals surface area contributed by atoms with E-state index in [0.717, 1.165) is 0 Å². The molecule has 0 unspecified atom stereocenters. The van der Waals surface area contributed by atoms with E-state index in [9.17, 15) is 4.79 Å². The van der Waals surface area contributed by atoms with Crippen molar-refractivity contribution in [2.24, 2.45) is 4.99 Å². The van der Waals surface area contributed by atoms with Crippen molar-refractivity contribution in [1.82, 2.24) is 15.6 Å². The summed E-state index contributed by atoms with van der Waals surface area (Å²) in [5.74, 6) is 0.185. The van der Waals surface area contributed by atoms with Gasteiger partial charge in [-0.15, -0.1) is 0 Å². The second kappa shape index (κ2) is 10.7. The molecule has 0 saturated heterocycles. The number of nitrogens with one attached hydrogen (secondary N) is 3. The molecule has 0 aliphatic rings. The molecular formula is C18H17Cl3N6O2. The number of anilines is 1. The number of aromatic nitrogens is 1. The summed E-state index contributed by atoms with van der Waals surface area (Å²) in [6.07, 6.45) is 3.27. The molecule has 3 N–H and O–H groups in total. The van der Waals surface area contributed by atoms with Crippen LogP contribution in [0.4, 0.5) is 5.69 Å². The van der Waals surface area contributed by atoms with Gasteiger partial charge in [0.15, 0.2) is 10.5 Å². The normalized spacial score (nSPS) is 11.3. The van der Waals surface area contributed by atoms with Gasteiger partial charge in [0.25, 0.3) is 5.91 Å². The number of amides is 1. The number of halogens is 3. The van der Waals surface area contributed by atoms with Gasteiger partial charge in [0.2, 0.25) is 11.8 Å². The summed E-state index contributed by atoms with van der Waals surface area (Å²) < 4.78 is 3.58. The summed E-state index contributed by atoms with van der Waals surface area (Å²) in [6.45, 7) is -0.179. The average molecular weight is 456 g/mol. The fourth-order valence-electron chi connectivity index (χ4n) is 2.07. The molecule has 152 valence electrons. The standard InChI is InChI=1S/C18H17Cl3N6O2/c1-29-15-6-5-14(8-23-15)27-17(26-11-22)25-10-18(20,21)9-24-16(28)12-3-2-4-13(19)7-12/h2-8H,9-10H2,1H3,(H,24,28)(H2,25,26,27). The summed E-state index contributed by atoms with van der Waals surface area (Å²) in [7, 11) is 1.51. The van der Waals surface area contributed by atoms with Crippen LogP contribution < -0.4 is 20.7 Å². The number of pyridine rings is 1. The molecule has 2 aromatic rings. The summed E-state index contributed by atoms with van der Waals surface area (Å²) in [5, 5.41) is 17.2. The highest BCUT2D eigenvalue weighted by Gasteiger charge is 2.25. The number of ether oxygens (including phenoxy) is 1. The molecule has 0 aliphatic heterocycles. The third-order valence-corrected chi connectivity index (χ3v) is 4.19. The van der Waals surface area contributed by atoms with E-state index in [1.54, 1.807) is 36.5 Å². The molecule has 0 fully saturated rings. The zero-order chi connectivity index (χ0) is 21.3. The molecule has 1 amide bonds. The topological polar surface area (TPSA) is 111 Å². The van der Waals surface area contributed by atoms with Gasteiger partial charge in [-0.1, -0.05) is 40.9 Å². The van der Waals surface area contributed by atoms with Crippen LogP contribution in [0, 0.1) is 11.5 Å². The average Bonchev–Trinajstić information content (AvgIpc) is 2.71. The second-order valence-electron chi connectivity index (χ2n) is 5.66. The van der Waals surface area contributed by atoms with E-state index < -0.39 is 4.33 Å². The number of aliphatic imine (C=N–C) groups is 1. The first-order valence-electron chi connectivity index (χ1n) is 8.21. The first-order valence-corrected chi connectivity index (χ1v) is 9.34. The Balaban J connectivity index is 1.96. The molecule has 2 rings (SSSR count). The Kier molecular flexibility index (Phi) is 8.34. The van der Waals surface area contributed by atoms with Crippen molar-refractivity contribution in [3.8, 4) is 12.1 Å². The lowest BCUT2D eigenvalue weighted by Crippen LogP contribution is -2.38. The molecule has 0 aliphatic carbocycles. The maximum Gasteiger partial charge on any atom is 0.251 e. The highest BCUT2D eigenvalue weighted by Crippen LogP contribution is 2.21. The van der Waals surface area contributed by atoms with Gasteiger partial charge in [0.1, 0.15) is 0 Å². The molecule has 11 heteroatoms. The van der Waals surface area contributed by atoms with Crippen LogP contribution in [0.1, 0.15) is 10.4 Å². The third kappa shape index (κ3) is 7.66. The van der Waals surface area contributed by atoms with Crippen LogP contribution in [0.3, 0.4) is 0 Å². The minimum Gasteiger partial charge on any atom is -0.481 e. The molecule has 0 saturated carbocycles. The maximum atomic E-state index is 12.2. The lowest BCUT2D eigenvalue weighted by Gasteiger charge is -2.18. The van der Waals surface area contributed by atoms with Crippen molar-refractivity contribution in [1.29, 1.82) is 5.26 Å². The summed E-state index contributed by atoms with van der Waals surface area (Å²) in [6, 6.07) is 9.81. The summed E-state index contributed by atoms with van der Waals surface area (Å²) in [5.41, 5.74) is 0.946. The fourth-order valence-corrected chi connectivity index (χ4v) is 2.51. The smallest absolute Gasteiger partial charge is 0.251 e. The molecular weight excluding hydrogens is 439 g/mol. The van der Waals surface area contributed by atoms with Gasteiger partial charge in [0, 0.05) is 16.7 Å². The largest absolute Gasteiger partial charge is 0.481 e. The number of guanidine groups is 1. The molecule has 0 radical (unpaired) electrons. The Morgan fingerprint density at radius 2 is 2.14 bits per heavy atom. The minimum atomic E-state index is -1.41. The van der Waals surface area contributed by atoms with Gasteiger partial charge >= 0.3 is 0 Å². The first kappa shape index (κ1) is 22.6. The zero-order valence-electron chi connectivity index (χ0n) is 15.2. The Morgan fingerprint density at radius 3 is 2.76 bits per heavy atom. The van der Waals surface area contributed by atoms with Crippen LogP contribution in [0.15, 0.2) is 47.6 Å². The highest BCUT2D eigenvalue weighted by atomic mass is 35.5. The maximum absolute atomic E-state index is 12.2. The van der Waals surface area contributed by atoms with Crippen LogP contribution >= 0.6 is 34.8 Å². The number of nitrogens with zero attached hydrogens (tertiary/aromatic N) is 3. The molecule has 0 spiro atoms. The predicted molar refractivity (Wildman–Crippen MR) is 114 cm³/mol. The number of alkyl halides is 2. The van der Waals surface area contributed by atoms with Crippen molar-refractivity contribution >= 4 is 52.4 Å². The van der Waals surface area contributed by atoms with E-state index in [0.29, 0.717) is 22.2 Å². The molecule has 1 aromatic carbocycles. The Bertz CT molecular complexity index is 913. The van der Waals surface area contributed by atoms with Crippen molar-refractivity contribution < 1.29 is 9.53 Å². The van der Waals surface area contributed by atoms with Crippen LogP contribution in [0.2, 0.25) is 5.02 Å². The van der Waals surface area contributed by atoms with E-state index in [2.05, 4.69) is 25.9 Å². The van der Waals surface area contributed by atoms with Crippen LogP contribution in [-0.4, -0.2) is 41.4 Å². The Labute approximate surface area is 182 Å². The molecule has 29 heavy (non-hydrogen) atoms. The number of hydrogen-bond acceptors (Lipinski definition) is 5. The van der Waals surface area contributed by atoms with Gasteiger partial charge in [0.05, 0.1) is 32.1 Å². The number of carbonyl (C=O) groups excluding carboxylic acids is 1. The number of rotatable bonds is 7. The Morgan fingerprint density at radius 1 is 1.34 bits per heavy atom. The fraction of sp³-hybridized carbons (Fsp3) is 0.222. The van der Waals surface area contributed by atoms with Gasteiger partial charge in [-0.3, -0.25) is 10.1 Å². The minimum absolute atomic E-state index is 0.0745.